The molecule has 0 bridgehead atoms. The first-order valence-electron chi connectivity index (χ1n) is 3.24. The lowest BCUT2D eigenvalue weighted by atomic mass is 9.85. The summed E-state index contributed by atoms with van der Waals surface area (Å²) in [7, 11) is 0. The first-order valence-corrected chi connectivity index (χ1v) is 3.24. The monoisotopic (exact) mass is 140 g/mol. The van der Waals surface area contributed by atoms with Crippen molar-refractivity contribution in [3.8, 4) is 0 Å². The van der Waals surface area contributed by atoms with Crippen LogP contribution in [0.3, 0.4) is 0 Å². The molecule has 2 atom stereocenters. The first-order chi connectivity index (χ1) is 4.70. The summed E-state index contributed by atoms with van der Waals surface area (Å²) < 4.78 is 9.65. The lowest BCUT2D eigenvalue weighted by Gasteiger charge is -2.28. The summed E-state index contributed by atoms with van der Waals surface area (Å²) in [6, 6.07) is 0. The molecule has 1 aliphatic heterocycles. The summed E-state index contributed by atoms with van der Waals surface area (Å²) in [6.07, 6.45) is -0.689. The Kier molecular flexibility index (Phi) is 0.886. The van der Waals surface area contributed by atoms with E-state index in [1.54, 1.807) is 0 Å². The highest BCUT2D eigenvalue weighted by Gasteiger charge is 2.47. The molecular weight excluding hydrogens is 132 g/mol. The van der Waals surface area contributed by atoms with Gasteiger partial charge in [-0.1, -0.05) is 0 Å². The summed E-state index contributed by atoms with van der Waals surface area (Å²) in [4.78, 5) is 10.5. The Morgan fingerprint density at radius 1 is 1.10 bits per heavy atom. The molecule has 0 aromatic heterocycles. The topological polar surface area (TPSA) is 35.5 Å². The normalized spacial score (nSPS) is 36.4. The predicted octanol–water partition coefficient (Wildman–Crippen LogP) is 1.24. The second kappa shape index (κ2) is 1.54. The molecule has 3 heteroatoms. The van der Waals surface area contributed by atoms with Gasteiger partial charge in [0, 0.05) is 0 Å². The average molecular weight is 140 g/mol. The van der Waals surface area contributed by atoms with Gasteiger partial charge in [0.1, 0.15) is 0 Å². The number of fused-ring (bicyclic) bond motifs is 1. The molecule has 3 nitrogen and oxygen atoms in total. The van der Waals surface area contributed by atoms with Gasteiger partial charge in [-0.3, -0.25) is 0 Å². The molecule has 0 radical (unpaired) electrons. The minimum atomic E-state index is -0.536. The number of rotatable bonds is 0. The third-order valence-corrected chi connectivity index (χ3v) is 2.20. The van der Waals surface area contributed by atoms with Crippen LogP contribution in [0.4, 0.5) is 4.79 Å². The van der Waals surface area contributed by atoms with Crippen LogP contribution in [0.25, 0.3) is 0 Å². The van der Waals surface area contributed by atoms with E-state index in [9.17, 15) is 4.79 Å². The van der Waals surface area contributed by atoms with Crippen LogP contribution in [-0.2, 0) is 9.47 Å². The molecule has 10 heavy (non-hydrogen) atoms. The summed E-state index contributed by atoms with van der Waals surface area (Å²) >= 11 is 0. The number of hydrogen-bond acceptors (Lipinski definition) is 3. The molecule has 2 aliphatic rings. The molecule has 0 aromatic rings. The average Bonchev–Trinajstić information content (AvgIpc) is 2.27. The van der Waals surface area contributed by atoms with E-state index in [-0.39, 0.29) is 12.2 Å². The molecular formula is C7H8O3. The molecule has 0 N–H and O–H groups in total. The maximum atomic E-state index is 10.5. The molecule has 1 aliphatic carbocycles. The Labute approximate surface area is 58.6 Å². The highest BCUT2D eigenvalue weighted by molar-refractivity contribution is 5.66. The summed E-state index contributed by atoms with van der Waals surface area (Å²) in [5.41, 5.74) is 2.27. The van der Waals surface area contributed by atoms with Crippen molar-refractivity contribution in [1.29, 1.82) is 0 Å². The van der Waals surface area contributed by atoms with E-state index >= 15 is 0 Å². The van der Waals surface area contributed by atoms with Gasteiger partial charge in [0.2, 0.25) is 0 Å². The molecule has 1 fully saturated rings. The Morgan fingerprint density at radius 2 is 1.50 bits per heavy atom. The molecule has 0 unspecified atom stereocenters. The van der Waals surface area contributed by atoms with Crippen molar-refractivity contribution < 1.29 is 14.3 Å². The van der Waals surface area contributed by atoms with Gasteiger partial charge in [0.15, 0.2) is 12.2 Å². The second-order valence-electron chi connectivity index (χ2n) is 2.69. The molecule has 0 aromatic carbocycles. The van der Waals surface area contributed by atoms with Crippen molar-refractivity contribution in [2.45, 2.75) is 26.1 Å². The molecule has 2 rings (SSSR count). The van der Waals surface area contributed by atoms with Crippen molar-refractivity contribution in [2.24, 2.45) is 0 Å². The lowest BCUT2D eigenvalue weighted by Crippen LogP contribution is -2.35. The smallest absolute Gasteiger partial charge is 0.422 e. The van der Waals surface area contributed by atoms with E-state index in [0.717, 1.165) is 11.1 Å². The Bertz CT molecular complexity index is 207. The minimum absolute atomic E-state index is 0.0764. The largest absolute Gasteiger partial charge is 0.509 e. The van der Waals surface area contributed by atoms with E-state index in [1.165, 1.54) is 0 Å². The zero-order chi connectivity index (χ0) is 7.30. The van der Waals surface area contributed by atoms with Crippen LogP contribution in [0.5, 0.6) is 0 Å². The van der Waals surface area contributed by atoms with Gasteiger partial charge in [-0.15, -0.1) is 0 Å². The quantitative estimate of drug-likeness (QED) is 0.375. The number of carbonyl (C=O) groups is 1. The van der Waals surface area contributed by atoms with Crippen molar-refractivity contribution in [1.82, 2.24) is 0 Å². The Hall–Kier alpha value is -0.990. The molecule has 0 saturated carbocycles. The van der Waals surface area contributed by atoms with E-state index in [0.29, 0.717) is 0 Å². The number of hydrogen-bond donors (Lipinski definition) is 0. The predicted molar refractivity (Wildman–Crippen MR) is 33.5 cm³/mol. The van der Waals surface area contributed by atoms with Crippen molar-refractivity contribution in [2.75, 3.05) is 0 Å². The lowest BCUT2D eigenvalue weighted by molar-refractivity contribution is 0.123. The van der Waals surface area contributed by atoms with Gasteiger partial charge in [0.05, 0.1) is 0 Å². The standard InChI is InChI=1S/C7H8O3/c1-3-4(2)6-5(3)9-7(8)10-6/h5-6H,1-2H3/t5-,6-/m1/s1. The highest BCUT2D eigenvalue weighted by Crippen LogP contribution is 2.37. The maximum absolute atomic E-state index is 10.5. The van der Waals surface area contributed by atoms with Crippen molar-refractivity contribution in [3.63, 3.8) is 0 Å². The maximum Gasteiger partial charge on any atom is 0.509 e. The van der Waals surface area contributed by atoms with E-state index in [2.05, 4.69) is 0 Å². The van der Waals surface area contributed by atoms with Gasteiger partial charge in [-0.2, -0.15) is 0 Å². The SMILES string of the molecule is CC1=C(C)[C@H]2OC(=O)O[C@H]12. The fourth-order valence-electron chi connectivity index (χ4n) is 1.34. The van der Waals surface area contributed by atoms with E-state index < -0.39 is 6.16 Å². The Morgan fingerprint density at radius 3 is 1.90 bits per heavy atom. The van der Waals surface area contributed by atoms with Crippen molar-refractivity contribution >= 4 is 6.16 Å². The van der Waals surface area contributed by atoms with Crippen LogP contribution < -0.4 is 0 Å². The summed E-state index contributed by atoms with van der Waals surface area (Å²) in [6.45, 7) is 3.91. The summed E-state index contributed by atoms with van der Waals surface area (Å²) in [5, 5.41) is 0. The fraction of sp³-hybridized carbons (Fsp3) is 0.571. The highest BCUT2D eigenvalue weighted by atomic mass is 16.8. The number of ether oxygens (including phenoxy) is 2. The van der Waals surface area contributed by atoms with Gasteiger partial charge < -0.3 is 9.47 Å². The van der Waals surface area contributed by atoms with E-state index in [1.807, 2.05) is 13.8 Å². The number of carbonyl (C=O) groups excluding carboxylic acids is 1. The third kappa shape index (κ3) is 0.478. The van der Waals surface area contributed by atoms with Crippen LogP contribution in [0, 0.1) is 0 Å². The van der Waals surface area contributed by atoms with Gasteiger partial charge >= 0.3 is 6.16 Å². The zero-order valence-electron chi connectivity index (χ0n) is 5.88. The van der Waals surface area contributed by atoms with Gasteiger partial charge in [-0.05, 0) is 25.0 Å². The van der Waals surface area contributed by atoms with Crippen LogP contribution >= 0.6 is 0 Å². The second-order valence-corrected chi connectivity index (χ2v) is 2.69. The molecule has 1 heterocycles. The molecule has 0 amide bonds. The van der Waals surface area contributed by atoms with Crippen LogP contribution in [0.1, 0.15) is 13.8 Å². The zero-order valence-corrected chi connectivity index (χ0v) is 5.88. The third-order valence-electron chi connectivity index (χ3n) is 2.20. The minimum Gasteiger partial charge on any atom is -0.422 e. The molecule has 0 spiro atoms. The van der Waals surface area contributed by atoms with Crippen LogP contribution in [0.2, 0.25) is 0 Å². The van der Waals surface area contributed by atoms with Crippen LogP contribution in [-0.4, -0.2) is 18.4 Å². The van der Waals surface area contributed by atoms with Crippen molar-refractivity contribution in [3.05, 3.63) is 11.1 Å². The molecule has 54 valence electrons. The summed E-state index contributed by atoms with van der Waals surface area (Å²) in [5.74, 6) is 0. The van der Waals surface area contributed by atoms with Gasteiger partial charge in [0.25, 0.3) is 0 Å². The Balaban J connectivity index is 2.26. The first kappa shape index (κ1) is 5.77. The molecule has 1 saturated heterocycles. The van der Waals surface area contributed by atoms with E-state index in [4.69, 9.17) is 9.47 Å². The van der Waals surface area contributed by atoms with Crippen LogP contribution in [0.15, 0.2) is 11.1 Å². The fourth-order valence-corrected chi connectivity index (χ4v) is 1.34. The van der Waals surface area contributed by atoms with Gasteiger partial charge in [-0.25, -0.2) is 4.79 Å².